The molecule has 0 saturated carbocycles. The van der Waals surface area contributed by atoms with E-state index in [2.05, 4.69) is 20.8 Å². The Labute approximate surface area is 102 Å². The summed E-state index contributed by atoms with van der Waals surface area (Å²) in [6.45, 7) is 8.57. The predicted octanol–water partition coefficient (Wildman–Crippen LogP) is 3.69. The number of ether oxygens (including phenoxy) is 1. The van der Waals surface area contributed by atoms with Crippen LogP contribution >= 0.6 is 0 Å². The Balaban J connectivity index is 2.70. The first kappa shape index (κ1) is 14.0. The van der Waals surface area contributed by atoms with Crippen molar-refractivity contribution in [1.82, 2.24) is 0 Å². The Hall–Kier alpha value is -1.09. The molecule has 1 aromatic rings. The Kier molecular flexibility index (Phi) is 4.52. The molecule has 0 radical (unpaired) electrons. The van der Waals surface area contributed by atoms with Gasteiger partial charge in [-0.1, -0.05) is 20.8 Å². The molecule has 3 heteroatoms. The zero-order chi connectivity index (χ0) is 13.1. The van der Waals surface area contributed by atoms with Crippen LogP contribution in [0.15, 0.2) is 18.2 Å². The first-order valence-electron chi connectivity index (χ1n) is 5.90. The van der Waals surface area contributed by atoms with Gasteiger partial charge in [-0.3, -0.25) is 0 Å². The molecule has 0 spiro atoms. The average molecular weight is 240 g/mol. The van der Waals surface area contributed by atoms with Crippen LogP contribution in [0.1, 0.15) is 45.8 Å². The smallest absolute Gasteiger partial charge is 0.125 e. The van der Waals surface area contributed by atoms with Gasteiger partial charge in [0.1, 0.15) is 11.6 Å². The van der Waals surface area contributed by atoms with Crippen LogP contribution in [0, 0.1) is 11.2 Å². The maximum atomic E-state index is 13.1. The lowest BCUT2D eigenvalue weighted by molar-refractivity contribution is 0.186. The standard InChI is InChI=1S/C14H21FO2/c1-10(16)12-9-11(15)5-6-13(12)17-8-7-14(2,3)4/h5-6,9-10,16H,7-8H2,1-4H3/t10-/m0/s1. The molecular formula is C14H21FO2. The molecule has 1 rings (SSSR count). The lowest BCUT2D eigenvalue weighted by Crippen LogP contribution is -2.12. The van der Waals surface area contributed by atoms with Gasteiger partial charge in [-0.15, -0.1) is 0 Å². The fourth-order valence-corrected chi connectivity index (χ4v) is 1.44. The summed E-state index contributed by atoms with van der Waals surface area (Å²) in [4.78, 5) is 0. The molecule has 0 aliphatic rings. The predicted molar refractivity (Wildman–Crippen MR) is 66.6 cm³/mol. The molecule has 1 aromatic carbocycles. The van der Waals surface area contributed by atoms with Gasteiger partial charge in [0, 0.05) is 5.56 Å². The van der Waals surface area contributed by atoms with Crippen LogP contribution in [0.25, 0.3) is 0 Å². The minimum Gasteiger partial charge on any atom is -0.493 e. The number of hydrogen-bond donors (Lipinski definition) is 1. The molecule has 0 fully saturated rings. The zero-order valence-corrected chi connectivity index (χ0v) is 11.0. The molecule has 0 aliphatic carbocycles. The summed E-state index contributed by atoms with van der Waals surface area (Å²) in [6, 6.07) is 4.23. The summed E-state index contributed by atoms with van der Waals surface area (Å²) in [5.74, 6) is 0.203. The molecule has 0 unspecified atom stereocenters. The molecule has 0 amide bonds. The van der Waals surface area contributed by atoms with Crippen molar-refractivity contribution in [3.63, 3.8) is 0 Å². The summed E-state index contributed by atoms with van der Waals surface area (Å²) in [7, 11) is 0. The summed E-state index contributed by atoms with van der Waals surface area (Å²) >= 11 is 0. The second-order valence-corrected chi connectivity index (χ2v) is 5.52. The van der Waals surface area contributed by atoms with Crippen molar-refractivity contribution in [1.29, 1.82) is 0 Å². The molecule has 0 aromatic heterocycles. The quantitative estimate of drug-likeness (QED) is 0.869. The molecule has 1 atom stereocenters. The number of benzene rings is 1. The third-order valence-electron chi connectivity index (χ3n) is 2.53. The summed E-state index contributed by atoms with van der Waals surface area (Å²) in [5, 5.41) is 9.54. The molecular weight excluding hydrogens is 219 g/mol. The van der Waals surface area contributed by atoms with Gasteiger partial charge in [0.05, 0.1) is 12.7 Å². The van der Waals surface area contributed by atoms with E-state index in [9.17, 15) is 9.50 Å². The van der Waals surface area contributed by atoms with Gasteiger partial charge in [-0.25, -0.2) is 4.39 Å². The van der Waals surface area contributed by atoms with Gasteiger partial charge in [0.2, 0.25) is 0 Å². The van der Waals surface area contributed by atoms with Crippen molar-refractivity contribution in [2.24, 2.45) is 5.41 Å². The van der Waals surface area contributed by atoms with Crippen LogP contribution in [0.2, 0.25) is 0 Å². The molecule has 0 heterocycles. The highest BCUT2D eigenvalue weighted by Crippen LogP contribution is 2.27. The van der Waals surface area contributed by atoms with Gasteiger partial charge < -0.3 is 9.84 Å². The van der Waals surface area contributed by atoms with E-state index < -0.39 is 6.10 Å². The zero-order valence-electron chi connectivity index (χ0n) is 11.0. The Morgan fingerprint density at radius 1 is 1.35 bits per heavy atom. The number of aliphatic hydroxyl groups excluding tert-OH is 1. The first-order valence-corrected chi connectivity index (χ1v) is 5.90. The van der Waals surface area contributed by atoms with E-state index >= 15 is 0 Å². The van der Waals surface area contributed by atoms with Crippen LogP contribution in [-0.2, 0) is 0 Å². The number of aliphatic hydroxyl groups is 1. The fraction of sp³-hybridized carbons (Fsp3) is 0.571. The van der Waals surface area contributed by atoms with Crippen molar-refractivity contribution in [3.8, 4) is 5.75 Å². The normalized spacial score (nSPS) is 13.5. The maximum Gasteiger partial charge on any atom is 0.125 e. The highest BCUT2D eigenvalue weighted by molar-refractivity contribution is 5.35. The molecule has 96 valence electrons. The van der Waals surface area contributed by atoms with E-state index in [4.69, 9.17) is 4.74 Å². The largest absolute Gasteiger partial charge is 0.493 e. The second-order valence-electron chi connectivity index (χ2n) is 5.52. The van der Waals surface area contributed by atoms with Crippen molar-refractivity contribution in [2.75, 3.05) is 6.61 Å². The van der Waals surface area contributed by atoms with Crippen LogP contribution in [0.3, 0.4) is 0 Å². The van der Waals surface area contributed by atoms with Crippen molar-refractivity contribution >= 4 is 0 Å². The van der Waals surface area contributed by atoms with E-state index in [0.717, 1.165) is 6.42 Å². The van der Waals surface area contributed by atoms with Crippen molar-refractivity contribution in [3.05, 3.63) is 29.6 Å². The molecule has 17 heavy (non-hydrogen) atoms. The fourth-order valence-electron chi connectivity index (χ4n) is 1.44. The SMILES string of the molecule is C[C@H](O)c1cc(F)ccc1OCCC(C)(C)C. The second kappa shape index (κ2) is 5.50. The number of hydrogen-bond acceptors (Lipinski definition) is 2. The van der Waals surface area contributed by atoms with E-state index in [1.54, 1.807) is 13.0 Å². The summed E-state index contributed by atoms with van der Waals surface area (Å²) in [5.41, 5.74) is 0.698. The summed E-state index contributed by atoms with van der Waals surface area (Å²) in [6.07, 6.45) is 0.180. The van der Waals surface area contributed by atoms with Gasteiger partial charge in [0.25, 0.3) is 0 Å². The summed E-state index contributed by atoms with van der Waals surface area (Å²) < 4.78 is 18.7. The van der Waals surface area contributed by atoms with Gasteiger partial charge in [0.15, 0.2) is 0 Å². The van der Waals surface area contributed by atoms with E-state index in [-0.39, 0.29) is 11.2 Å². The monoisotopic (exact) mass is 240 g/mol. The van der Waals surface area contributed by atoms with Gasteiger partial charge >= 0.3 is 0 Å². The highest BCUT2D eigenvalue weighted by atomic mass is 19.1. The van der Waals surface area contributed by atoms with Gasteiger partial charge in [-0.2, -0.15) is 0 Å². The van der Waals surface area contributed by atoms with Crippen LogP contribution in [-0.4, -0.2) is 11.7 Å². The molecule has 0 aliphatic heterocycles. The molecule has 2 nitrogen and oxygen atoms in total. The topological polar surface area (TPSA) is 29.5 Å². The Bertz CT molecular complexity index is 367. The lowest BCUT2D eigenvalue weighted by Gasteiger charge is -2.19. The molecule has 0 bridgehead atoms. The van der Waals surface area contributed by atoms with Crippen LogP contribution in [0.5, 0.6) is 5.75 Å². The lowest BCUT2D eigenvalue weighted by atomic mass is 9.93. The molecule has 1 N–H and O–H groups in total. The maximum absolute atomic E-state index is 13.1. The molecule has 0 saturated heterocycles. The third-order valence-corrected chi connectivity index (χ3v) is 2.53. The van der Waals surface area contributed by atoms with E-state index in [1.165, 1.54) is 12.1 Å². The first-order chi connectivity index (χ1) is 7.79. The minimum atomic E-state index is -0.727. The number of halogens is 1. The van der Waals surface area contributed by atoms with Crippen molar-refractivity contribution < 1.29 is 14.2 Å². The van der Waals surface area contributed by atoms with E-state index in [1.807, 2.05) is 0 Å². The number of rotatable bonds is 4. The van der Waals surface area contributed by atoms with Crippen LogP contribution in [0.4, 0.5) is 4.39 Å². The minimum absolute atomic E-state index is 0.199. The highest BCUT2D eigenvalue weighted by Gasteiger charge is 2.13. The van der Waals surface area contributed by atoms with Crippen LogP contribution < -0.4 is 4.74 Å². The Morgan fingerprint density at radius 3 is 2.53 bits per heavy atom. The third kappa shape index (κ3) is 4.73. The van der Waals surface area contributed by atoms with E-state index in [0.29, 0.717) is 17.9 Å². The van der Waals surface area contributed by atoms with Crippen molar-refractivity contribution in [2.45, 2.75) is 40.2 Å². The van der Waals surface area contributed by atoms with Gasteiger partial charge in [-0.05, 0) is 37.0 Å². The Morgan fingerprint density at radius 2 is 2.00 bits per heavy atom. The average Bonchev–Trinajstić information content (AvgIpc) is 2.18.